The Morgan fingerprint density at radius 3 is 2.66 bits per heavy atom. The maximum Gasteiger partial charge on any atom is 0.255 e. The van der Waals surface area contributed by atoms with E-state index in [0.29, 0.717) is 28.1 Å². The first-order valence-corrected chi connectivity index (χ1v) is 10.3. The summed E-state index contributed by atoms with van der Waals surface area (Å²) in [6, 6.07) is 12.1. The standard InChI is InChI=1S/C23H25N5O4/c1-13-5-6-15(23(31)27-16-7-8-16)10-19(13)28-22(25)18(11-26-28)21(30)14-3-2-4-17(9-14)32-12-20(24)29/h2-6,9-10,16,26H,7-8,11-12,25H2,1H3,(H2,24,29)(H,27,31). The summed E-state index contributed by atoms with van der Waals surface area (Å²) in [5, 5.41) is 4.60. The van der Waals surface area contributed by atoms with Crippen LogP contribution in [0, 0.1) is 6.92 Å². The molecule has 2 aliphatic rings. The number of ether oxygens (including phenoxy) is 1. The topological polar surface area (TPSA) is 140 Å². The molecule has 0 spiro atoms. The minimum Gasteiger partial charge on any atom is -0.484 e. The number of rotatable bonds is 8. The molecule has 2 aromatic carbocycles. The summed E-state index contributed by atoms with van der Waals surface area (Å²) in [7, 11) is 0. The summed E-state index contributed by atoms with van der Waals surface area (Å²) in [6.45, 7) is 1.86. The second kappa shape index (κ2) is 8.72. The molecule has 1 aliphatic heterocycles. The molecule has 0 unspecified atom stereocenters. The molecule has 1 fully saturated rings. The van der Waals surface area contributed by atoms with Crippen LogP contribution in [0.25, 0.3) is 0 Å². The normalized spacial score (nSPS) is 15.6. The number of hydrogen-bond acceptors (Lipinski definition) is 7. The van der Waals surface area contributed by atoms with Gasteiger partial charge in [0, 0.05) is 23.7 Å². The van der Waals surface area contributed by atoms with Gasteiger partial charge in [-0.2, -0.15) is 0 Å². The minimum atomic E-state index is -0.604. The highest BCUT2D eigenvalue weighted by Gasteiger charge is 2.29. The van der Waals surface area contributed by atoms with Crippen LogP contribution in [0.2, 0.25) is 0 Å². The summed E-state index contributed by atoms with van der Waals surface area (Å²) in [5.41, 5.74) is 17.5. The van der Waals surface area contributed by atoms with Crippen molar-refractivity contribution < 1.29 is 19.1 Å². The van der Waals surface area contributed by atoms with Gasteiger partial charge in [0.25, 0.3) is 11.8 Å². The van der Waals surface area contributed by atoms with Crippen LogP contribution in [0.15, 0.2) is 53.9 Å². The summed E-state index contributed by atoms with van der Waals surface area (Å²) >= 11 is 0. The lowest BCUT2D eigenvalue weighted by Crippen LogP contribution is -2.35. The average molecular weight is 435 g/mol. The smallest absolute Gasteiger partial charge is 0.255 e. The number of nitrogens with zero attached hydrogens (tertiary/aromatic N) is 1. The number of carbonyl (C=O) groups is 3. The molecule has 2 aromatic rings. The highest BCUT2D eigenvalue weighted by atomic mass is 16.5. The summed E-state index contributed by atoms with van der Waals surface area (Å²) in [6.07, 6.45) is 2.02. The van der Waals surface area contributed by atoms with E-state index in [0.717, 1.165) is 18.4 Å². The molecule has 32 heavy (non-hydrogen) atoms. The van der Waals surface area contributed by atoms with Crippen molar-refractivity contribution >= 4 is 23.3 Å². The maximum absolute atomic E-state index is 13.1. The highest BCUT2D eigenvalue weighted by Crippen LogP contribution is 2.28. The second-order valence-electron chi connectivity index (χ2n) is 7.90. The number of amides is 2. The van der Waals surface area contributed by atoms with Crippen LogP contribution in [0.3, 0.4) is 0 Å². The Balaban J connectivity index is 1.56. The quantitative estimate of drug-likeness (QED) is 0.456. The first-order chi connectivity index (χ1) is 15.3. The van der Waals surface area contributed by atoms with Crippen molar-refractivity contribution in [2.75, 3.05) is 18.2 Å². The largest absolute Gasteiger partial charge is 0.484 e. The monoisotopic (exact) mass is 435 g/mol. The van der Waals surface area contributed by atoms with Crippen molar-refractivity contribution in [2.24, 2.45) is 11.5 Å². The van der Waals surface area contributed by atoms with Crippen LogP contribution in [-0.4, -0.2) is 36.8 Å². The van der Waals surface area contributed by atoms with Crippen molar-refractivity contribution in [3.8, 4) is 5.75 Å². The molecule has 4 rings (SSSR count). The third-order valence-electron chi connectivity index (χ3n) is 5.34. The Labute approximate surface area is 185 Å². The van der Waals surface area contributed by atoms with Crippen LogP contribution in [0.5, 0.6) is 5.75 Å². The lowest BCUT2D eigenvalue weighted by molar-refractivity contribution is -0.119. The van der Waals surface area contributed by atoms with Gasteiger partial charge in [-0.05, 0) is 49.6 Å². The molecule has 0 atom stereocenters. The lowest BCUT2D eigenvalue weighted by Gasteiger charge is -2.22. The molecule has 0 aromatic heterocycles. The second-order valence-corrected chi connectivity index (χ2v) is 7.90. The summed E-state index contributed by atoms with van der Waals surface area (Å²) in [4.78, 5) is 36.5. The van der Waals surface area contributed by atoms with Gasteiger partial charge in [-0.3, -0.25) is 19.4 Å². The number of anilines is 1. The van der Waals surface area contributed by atoms with Gasteiger partial charge in [-0.1, -0.05) is 18.2 Å². The Bertz CT molecular complexity index is 1120. The molecular formula is C23H25N5O4. The third-order valence-corrected chi connectivity index (χ3v) is 5.34. The van der Waals surface area contributed by atoms with Gasteiger partial charge in [0.1, 0.15) is 11.6 Å². The maximum atomic E-state index is 13.1. The van der Waals surface area contributed by atoms with E-state index in [4.69, 9.17) is 16.2 Å². The number of nitrogens with one attached hydrogen (secondary N) is 2. The van der Waals surface area contributed by atoms with E-state index in [2.05, 4.69) is 10.7 Å². The van der Waals surface area contributed by atoms with Gasteiger partial charge in [-0.25, -0.2) is 5.43 Å². The van der Waals surface area contributed by atoms with Gasteiger partial charge in [0.2, 0.25) is 0 Å². The zero-order valence-corrected chi connectivity index (χ0v) is 17.7. The number of Topliss-reactive ketones (excluding diaryl/α,β-unsaturated/α-hetero) is 1. The van der Waals surface area contributed by atoms with Crippen molar-refractivity contribution in [3.63, 3.8) is 0 Å². The number of carbonyl (C=O) groups excluding carboxylic acids is 3. The van der Waals surface area contributed by atoms with Gasteiger partial charge < -0.3 is 21.5 Å². The summed E-state index contributed by atoms with van der Waals surface area (Å²) in [5.74, 6) is -0.363. The molecule has 1 saturated carbocycles. The lowest BCUT2D eigenvalue weighted by atomic mass is 10.0. The third kappa shape index (κ3) is 4.57. The molecule has 6 N–H and O–H groups in total. The van der Waals surface area contributed by atoms with Crippen molar-refractivity contribution in [1.82, 2.24) is 10.7 Å². The molecule has 0 radical (unpaired) electrons. The van der Waals surface area contributed by atoms with Gasteiger partial charge >= 0.3 is 0 Å². The van der Waals surface area contributed by atoms with Crippen LogP contribution < -0.4 is 32.0 Å². The SMILES string of the molecule is Cc1ccc(C(=O)NC2CC2)cc1N1NCC(C(=O)c2cccc(OCC(N)=O)c2)=C1N. The molecule has 2 amide bonds. The van der Waals surface area contributed by atoms with Gasteiger partial charge in [0.15, 0.2) is 12.4 Å². The molecule has 9 heteroatoms. The zero-order chi connectivity index (χ0) is 22.8. The Morgan fingerprint density at radius 1 is 1.16 bits per heavy atom. The Kier molecular flexibility index (Phi) is 5.83. The zero-order valence-electron chi connectivity index (χ0n) is 17.7. The van der Waals surface area contributed by atoms with Crippen molar-refractivity contribution in [1.29, 1.82) is 0 Å². The van der Waals surface area contributed by atoms with Crippen LogP contribution in [-0.2, 0) is 4.79 Å². The van der Waals surface area contributed by atoms with E-state index < -0.39 is 5.91 Å². The van der Waals surface area contributed by atoms with E-state index in [1.54, 1.807) is 41.4 Å². The van der Waals surface area contributed by atoms with Gasteiger partial charge in [0.05, 0.1) is 11.3 Å². The number of benzene rings is 2. The Morgan fingerprint density at radius 2 is 1.94 bits per heavy atom. The van der Waals surface area contributed by atoms with Crippen LogP contribution in [0.4, 0.5) is 5.69 Å². The molecule has 166 valence electrons. The average Bonchev–Trinajstić information content (AvgIpc) is 3.51. The van der Waals surface area contributed by atoms with Crippen molar-refractivity contribution in [3.05, 3.63) is 70.5 Å². The molecular weight excluding hydrogens is 410 g/mol. The molecule has 1 aliphatic carbocycles. The molecule has 9 nitrogen and oxygen atoms in total. The fraction of sp³-hybridized carbons (Fsp3) is 0.261. The molecule has 0 bridgehead atoms. The van der Waals surface area contributed by atoms with Crippen LogP contribution >= 0.6 is 0 Å². The fourth-order valence-electron chi connectivity index (χ4n) is 3.42. The minimum absolute atomic E-state index is 0.125. The summed E-state index contributed by atoms with van der Waals surface area (Å²) < 4.78 is 5.28. The predicted molar refractivity (Wildman–Crippen MR) is 119 cm³/mol. The number of hydrazine groups is 1. The fourth-order valence-corrected chi connectivity index (χ4v) is 3.42. The van der Waals surface area contributed by atoms with Crippen LogP contribution in [0.1, 0.15) is 39.1 Å². The van der Waals surface area contributed by atoms with Crippen molar-refractivity contribution in [2.45, 2.75) is 25.8 Å². The number of nitrogens with two attached hydrogens (primary N) is 2. The van der Waals surface area contributed by atoms with E-state index >= 15 is 0 Å². The van der Waals surface area contributed by atoms with E-state index in [1.165, 1.54) is 0 Å². The Hall–Kier alpha value is -3.85. The first kappa shape index (κ1) is 21.4. The molecule has 0 saturated heterocycles. The number of hydrogen-bond donors (Lipinski definition) is 4. The van der Waals surface area contributed by atoms with E-state index in [1.807, 2.05) is 13.0 Å². The highest BCUT2D eigenvalue weighted by molar-refractivity contribution is 6.10. The first-order valence-electron chi connectivity index (χ1n) is 10.3. The van der Waals surface area contributed by atoms with Gasteiger partial charge in [-0.15, -0.1) is 0 Å². The molecule has 1 heterocycles. The van der Waals surface area contributed by atoms with E-state index in [9.17, 15) is 14.4 Å². The van der Waals surface area contributed by atoms with E-state index in [-0.39, 0.29) is 36.7 Å². The number of primary amides is 1. The number of aryl methyl sites for hydroxylation is 1. The number of ketones is 1. The predicted octanol–water partition coefficient (Wildman–Crippen LogP) is 1.13.